The average Bonchev–Trinajstić information content (AvgIpc) is 4.16. The molecule has 12 aromatic carbocycles. The predicted molar refractivity (Wildman–Crippen MR) is 309 cm³/mol. The molecule has 4 nitrogen and oxygen atoms in total. The van der Waals surface area contributed by atoms with Crippen molar-refractivity contribution in [3.05, 3.63) is 241 Å². The molecule has 0 saturated carbocycles. The number of nitrogens with zero attached hydrogens (tertiary/aromatic N) is 2. The fourth-order valence-corrected chi connectivity index (χ4v) is 13.5. The molecule has 2 aliphatic rings. The van der Waals surface area contributed by atoms with Crippen LogP contribution in [0.2, 0.25) is 0 Å². The lowest BCUT2D eigenvalue weighted by molar-refractivity contribution is 0.660. The Kier molecular flexibility index (Phi) is 8.27. The smallest absolute Gasteiger partial charge is 0.159 e. The van der Waals surface area contributed by atoms with E-state index in [-0.39, 0.29) is 10.8 Å². The van der Waals surface area contributed by atoms with Gasteiger partial charge in [0, 0.05) is 59.9 Å². The van der Waals surface area contributed by atoms with Crippen molar-refractivity contribution in [1.29, 1.82) is 0 Å². The van der Waals surface area contributed by atoms with Crippen LogP contribution in [0.25, 0.3) is 98.4 Å². The molecule has 0 fully saturated rings. The van der Waals surface area contributed by atoms with Gasteiger partial charge in [-0.05, 0) is 115 Å². The summed E-state index contributed by atoms with van der Waals surface area (Å²) in [4.78, 5) is 4.98. The van der Waals surface area contributed by atoms with Gasteiger partial charge in [0.05, 0.1) is 22.7 Å². The molecule has 0 radical (unpaired) electrons. The van der Waals surface area contributed by atoms with E-state index in [0.717, 1.165) is 88.8 Å². The third-order valence-corrected chi connectivity index (χ3v) is 17.0. The number of anilines is 6. The molecule has 0 N–H and O–H groups in total. The van der Waals surface area contributed by atoms with E-state index in [0.29, 0.717) is 0 Å². The molecule has 0 atom stereocenters. The van der Waals surface area contributed by atoms with E-state index in [1.54, 1.807) is 0 Å². The number of rotatable bonds is 6. The van der Waals surface area contributed by atoms with Gasteiger partial charge in [-0.2, -0.15) is 0 Å². The molecule has 0 aliphatic heterocycles. The molecule has 0 bridgehead atoms. The van der Waals surface area contributed by atoms with Crippen LogP contribution in [-0.2, 0) is 10.8 Å². The average molecular weight is 949 g/mol. The van der Waals surface area contributed by atoms with E-state index in [2.05, 4.69) is 256 Å². The standard InChI is InChI=1S/C70H48N2O2/c1-69(2)55-24-9-5-18-45(55)47-36-32-43(38-57(47)69)71(59-26-14-22-51-49-20-7-11-28-63(49)73-67(51)59)61-40-62(54-35-31-42-17-13-16-41-30-34-53(61)66(54)65(41)42)72(60-27-15-23-52-50-21-8-12-29-64(50)74-68(52)60)44-33-37-48-46-19-6-10-25-56(46)70(3,4)58(48)39-44/h5-40H,1-4H3. The molecule has 74 heavy (non-hydrogen) atoms. The van der Waals surface area contributed by atoms with Gasteiger partial charge in [-0.1, -0.05) is 191 Å². The first-order valence-electron chi connectivity index (χ1n) is 25.8. The summed E-state index contributed by atoms with van der Waals surface area (Å²) in [6.45, 7) is 9.47. The second-order valence-electron chi connectivity index (χ2n) is 21.6. The van der Waals surface area contributed by atoms with Crippen LogP contribution in [0, 0.1) is 0 Å². The van der Waals surface area contributed by atoms with Crippen LogP contribution in [0.15, 0.2) is 227 Å². The van der Waals surface area contributed by atoms with Crippen LogP contribution in [0.4, 0.5) is 34.1 Å². The highest BCUT2D eigenvalue weighted by molar-refractivity contribution is 6.29. The highest BCUT2D eigenvalue weighted by Gasteiger charge is 2.38. The van der Waals surface area contributed by atoms with Gasteiger partial charge >= 0.3 is 0 Å². The summed E-state index contributed by atoms with van der Waals surface area (Å²) in [5.41, 5.74) is 19.5. The zero-order valence-corrected chi connectivity index (χ0v) is 41.5. The summed E-state index contributed by atoms with van der Waals surface area (Å²) in [7, 11) is 0. The van der Waals surface area contributed by atoms with Crippen molar-refractivity contribution in [3.8, 4) is 22.3 Å². The summed E-state index contributed by atoms with van der Waals surface area (Å²) in [5.74, 6) is 0. The van der Waals surface area contributed by atoms with Crippen molar-refractivity contribution >= 4 is 110 Å². The molecule has 2 aromatic heterocycles. The van der Waals surface area contributed by atoms with E-state index in [9.17, 15) is 0 Å². The Balaban J connectivity index is 1.05. The molecule has 350 valence electrons. The molecule has 0 spiro atoms. The Morgan fingerprint density at radius 2 is 0.716 bits per heavy atom. The highest BCUT2D eigenvalue weighted by Crippen LogP contribution is 2.57. The number of furan rings is 2. The minimum absolute atomic E-state index is 0.226. The van der Waals surface area contributed by atoms with Gasteiger partial charge in [-0.25, -0.2) is 0 Å². The minimum atomic E-state index is -0.226. The van der Waals surface area contributed by atoms with E-state index >= 15 is 0 Å². The second kappa shape index (κ2) is 14.7. The van der Waals surface area contributed by atoms with Gasteiger partial charge < -0.3 is 18.6 Å². The maximum atomic E-state index is 7.03. The van der Waals surface area contributed by atoms with Gasteiger partial charge in [0.15, 0.2) is 11.2 Å². The number of fused-ring (bicyclic) bond motifs is 12. The van der Waals surface area contributed by atoms with Crippen LogP contribution in [0.5, 0.6) is 0 Å². The number of para-hydroxylation sites is 4. The fourth-order valence-electron chi connectivity index (χ4n) is 13.5. The first-order valence-corrected chi connectivity index (χ1v) is 25.8. The predicted octanol–water partition coefficient (Wildman–Crippen LogP) is 19.9. The Morgan fingerprint density at radius 1 is 0.297 bits per heavy atom. The van der Waals surface area contributed by atoms with Crippen molar-refractivity contribution < 1.29 is 8.83 Å². The Morgan fingerprint density at radius 3 is 1.22 bits per heavy atom. The Bertz CT molecular complexity index is 4410. The molecular formula is C70H48N2O2. The summed E-state index contributed by atoms with van der Waals surface area (Å²) < 4.78 is 14.1. The SMILES string of the molecule is CC1(C)c2ccccc2-c2ccc(N(c3cc(N(c4ccc5c(c4)C(C)(C)c4ccccc4-5)c4cccc5c4oc4ccccc45)c4ccc5cccc6ccc3c4c65)c3cccc4c3oc3ccccc34)cc21. The third-order valence-electron chi connectivity index (χ3n) is 17.0. The van der Waals surface area contributed by atoms with Crippen molar-refractivity contribution in [2.45, 2.75) is 38.5 Å². The lowest BCUT2D eigenvalue weighted by atomic mass is 9.82. The first kappa shape index (κ1) is 41.5. The summed E-state index contributed by atoms with van der Waals surface area (Å²) in [6.07, 6.45) is 0. The molecule has 0 unspecified atom stereocenters. The van der Waals surface area contributed by atoms with Gasteiger partial charge in [0.25, 0.3) is 0 Å². The lowest BCUT2D eigenvalue weighted by Gasteiger charge is -2.33. The normalized spacial score (nSPS) is 14.2. The quantitative estimate of drug-likeness (QED) is 0.156. The Labute approximate surface area is 428 Å². The molecule has 14 aromatic rings. The molecule has 2 heterocycles. The van der Waals surface area contributed by atoms with Crippen molar-refractivity contribution in [1.82, 2.24) is 0 Å². The minimum Gasteiger partial charge on any atom is -0.454 e. The topological polar surface area (TPSA) is 32.8 Å². The Hall–Kier alpha value is -9.12. The van der Waals surface area contributed by atoms with Gasteiger partial charge in [0.1, 0.15) is 11.2 Å². The van der Waals surface area contributed by atoms with Crippen molar-refractivity contribution in [2.75, 3.05) is 9.80 Å². The van der Waals surface area contributed by atoms with E-state index in [1.165, 1.54) is 66.1 Å². The molecule has 2 aliphatic carbocycles. The monoisotopic (exact) mass is 948 g/mol. The number of hydrogen-bond donors (Lipinski definition) is 0. The van der Waals surface area contributed by atoms with Crippen molar-refractivity contribution in [2.24, 2.45) is 0 Å². The molecule has 16 rings (SSSR count). The lowest BCUT2D eigenvalue weighted by Crippen LogP contribution is -2.18. The molecule has 0 amide bonds. The summed E-state index contributed by atoms with van der Waals surface area (Å²) in [5, 5.41) is 11.5. The largest absolute Gasteiger partial charge is 0.454 e. The second-order valence-corrected chi connectivity index (χ2v) is 21.6. The van der Waals surface area contributed by atoms with E-state index in [4.69, 9.17) is 8.83 Å². The van der Waals surface area contributed by atoms with Crippen LogP contribution in [0.1, 0.15) is 49.9 Å². The summed E-state index contributed by atoms with van der Waals surface area (Å²) >= 11 is 0. The number of hydrogen-bond acceptors (Lipinski definition) is 4. The molecular weight excluding hydrogens is 901 g/mol. The van der Waals surface area contributed by atoms with Crippen LogP contribution in [-0.4, -0.2) is 0 Å². The first-order chi connectivity index (χ1) is 36.2. The molecule has 0 saturated heterocycles. The maximum absolute atomic E-state index is 7.03. The van der Waals surface area contributed by atoms with E-state index < -0.39 is 0 Å². The van der Waals surface area contributed by atoms with E-state index in [1.807, 2.05) is 0 Å². The third kappa shape index (κ3) is 5.52. The van der Waals surface area contributed by atoms with Crippen LogP contribution >= 0.6 is 0 Å². The number of benzene rings is 12. The van der Waals surface area contributed by atoms with Gasteiger partial charge in [-0.3, -0.25) is 0 Å². The summed E-state index contributed by atoms with van der Waals surface area (Å²) in [6, 6.07) is 80.6. The highest BCUT2D eigenvalue weighted by atomic mass is 16.3. The van der Waals surface area contributed by atoms with Gasteiger partial charge in [0.2, 0.25) is 0 Å². The fraction of sp³-hybridized carbons (Fsp3) is 0.0857. The zero-order valence-electron chi connectivity index (χ0n) is 41.5. The maximum Gasteiger partial charge on any atom is 0.159 e. The molecule has 4 heteroatoms. The zero-order chi connectivity index (χ0) is 49.2. The van der Waals surface area contributed by atoms with Crippen molar-refractivity contribution in [3.63, 3.8) is 0 Å². The van der Waals surface area contributed by atoms with Crippen LogP contribution in [0.3, 0.4) is 0 Å². The van der Waals surface area contributed by atoms with Crippen LogP contribution < -0.4 is 9.80 Å². The van der Waals surface area contributed by atoms with Gasteiger partial charge in [-0.15, -0.1) is 0 Å².